The average molecular weight is 765 g/mol. The molecule has 0 radical (unpaired) electrons. The van der Waals surface area contributed by atoms with Crippen LogP contribution < -0.4 is 10.3 Å². The minimum Gasteiger partial charge on any atom is -0.506 e. The highest BCUT2D eigenvalue weighted by molar-refractivity contribution is 7.87. The number of hydrogen-bond donors (Lipinski definition) is 3. The van der Waals surface area contributed by atoms with Gasteiger partial charge < -0.3 is 14.4 Å². The van der Waals surface area contributed by atoms with Crippen molar-refractivity contribution in [3.63, 3.8) is 0 Å². The molecule has 6 rings (SSSR count). The van der Waals surface area contributed by atoms with Crippen molar-refractivity contribution < 1.29 is 35.5 Å². The zero-order valence-corrected chi connectivity index (χ0v) is 29.8. The van der Waals surface area contributed by atoms with Crippen LogP contribution in [-0.2, 0) is 20.2 Å². The zero-order valence-electron chi connectivity index (χ0n) is 26.7. The van der Waals surface area contributed by atoms with Gasteiger partial charge >= 0.3 is 0 Å². The molecule has 14 heteroatoms. The number of anilines is 1. The number of hydrogen-bond acceptors (Lipinski definition) is 8. The van der Waals surface area contributed by atoms with E-state index < -0.39 is 46.8 Å². The summed E-state index contributed by atoms with van der Waals surface area (Å²) in [6.07, 6.45) is 6.92. The van der Waals surface area contributed by atoms with E-state index in [0.29, 0.717) is 5.56 Å². The van der Waals surface area contributed by atoms with Gasteiger partial charge in [-0.15, -0.1) is 0 Å². The number of phenols is 1. The van der Waals surface area contributed by atoms with Crippen molar-refractivity contribution in [3.8, 4) is 28.2 Å². The third kappa shape index (κ3) is 7.57. The summed E-state index contributed by atoms with van der Waals surface area (Å²) in [5, 5.41) is 9.70. The van der Waals surface area contributed by atoms with Gasteiger partial charge in [0, 0.05) is 54.0 Å². The summed E-state index contributed by atoms with van der Waals surface area (Å²) >= 11 is 12.3. The molecule has 1 heterocycles. The van der Waals surface area contributed by atoms with Crippen molar-refractivity contribution in [3.05, 3.63) is 127 Å². The summed E-state index contributed by atoms with van der Waals surface area (Å²) in [6, 6.07) is 21.8. The minimum atomic E-state index is -5.21. The van der Waals surface area contributed by atoms with Gasteiger partial charge in [-0.3, -0.25) is 13.9 Å². The Labute approximate surface area is 303 Å². The van der Waals surface area contributed by atoms with Crippen molar-refractivity contribution in [2.75, 3.05) is 19.0 Å². The van der Waals surface area contributed by atoms with Crippen LogP contribution in [0.1, 0.15) is 22.3 Å². The molecule has 2 aliphatic rings. The lowest BCUT2D eigenvalue weighted by Gasteiger charge is -2.20. The average Bonchev–Trinajstić information content (AvgIpc) is 3.06. The summed E-state index contributed by atoms with van der Waals surface area (Å²) in [5.74, 6) is -0.598. The first-order valence-corrected chi connectivity index (χ1v) is 18.6. The monoisotopic (exact) mass is 763 g/mol. The second kappa shape index (κ2) is 13.6. The van der Waals surface area contributed by atoms with Gasteiger partial charge in [0.15, 0.2) is 0 Å². The predicted octanol–water partition coefficient (Wildman–Crippen LogP) is 8.48. The second-order valence-corrected chi connectivity index (χ2v) is 15.3. The van der Waals surface area contributed by atoms with Crippen LogP contribution in [0.5, 0.6) is 5.75 Å². The van der Waals surface area contributed by atoms with Crippen LogP contribution >= 0.6 is 23.2 Å². The molecule has 0 spiro atoms. The highest BCUT2D eigenvalue weighted by atomic mass is 35.5. The Morgan fingerprint density at radius 1 is 0.647 bits per heavy atom. The number of halogens is 2. The third-order valence-corrected chi connectivity index (χ3v) is 10.4. The largest absolute Gasteiger partial charge is 0.506 e. The highest BCUT2D eigenvalue weighted by Gasteiger charge is 2.31. The van der Waals surface area contributed by atoms with Crippen molar-refractivity contribution in [1.82, 2.24) is 0 Å². The molecule has 0 atom stereocenters. The maximum absolute atomic E-state index is 13.0. The molecular formula is C37H27Cl2NO9S2. The fourth-order valence-corrected chi connectivity index (χ4v) is 7.42. The Bertz CT molecular complexity index is 2600. The first kappa shape index (κ1) is 35.9. The Morgan fingerprint density at radius 2 is 1.14 bits per heavy atom. The molecule has 0 aromatic heterocycles. The van der Waals surface area contributed by atoms with E-state index in [2.05, 4.69) is 0 Å². The summed E-state index contributed by atoms with van der Waals surface area (Å²) in [7, 11) is -6.49. The Kier molecular flexibility index (Phi) is 9.59. The van der Waals surface area contributed by atoms with Gasteiger partial charge in [0.05, 0.1) is 10.0 Å². The fourth-order valence-electron chi connectivity index (χ4n) is 5.52. The van der Waals surface area contributed by atoms with Crippen molar-refractivity contribution >= 4 is 84.4 Å². The van der Waals surface area contributed by atoms with Gasteiger partial charge in [0.1, 0.15) is 26.9 Å². The second-order valence-electron chi connectivity index (χ2n) is 11.7. The number of fused-ring (bicyclic) bond motifs is 2. The maximum atomic E-state index is 13.0. The van der Waals surface area contributed by atoms with Crippen LogP contribution in [-0.4, -0.2) is 45.1 Å². The molecule has 260 valence electrons. The molecule has 1 aliphatic carbocycles. The summed E-state index contributed by atoms with van der Waals surface area (Å²) in [6.45, 7) is 0. The predicted molar refractivity (Wildman–Crippen MR) is 201 cm³/mol. The van der Waals surface area contributed by atoms with Gasteiger partial charge in [-0.05, 0) is 58.7 Å². The molecule has 0 saturated carbocycles. The highest BCUT2D eigenvalue weighted by Crippen LogP contribution is 2.47. The summed E-state index contributed by atoms with van der Waals surface area (Å²) in [4.78, 5) is 12.6. The van der Waals surface area contributed by atoms with E-state index in [1.165, 1.54) is 12.1 Å². The van der Waals surface area contributed by atoms with E-state index in [0.717, 1.165) is 47.1 Å². The lowest BCUT2D eigenvalue weighted by Crippen LogP contribution is -2.10. The first-order chi connectivity index (χ1) is 24.0. The number of phenolic OH excluding ortho intramolecular Hbond substituents is 1. The van der Waals surface area contributed by atoms with Gasteiger partial charge in [-0.1, -0.05) is 83.9 Å². The molecule has 0 unspecified atom stereocenters. The van der Waals surface area contributed by atoms with Crippen LogP contribution in [0.2, 0.25) is 10.0 Å². The number of aromatic hydroxyl groups is 1. The van der Waals surface area contributed by atoms with Crippen molar-refractivity contribution in [1.29, 1.82) is 0 Å². The zero-order chi connectivity index (χ0) is 36.8. The van der Waals surface area contributed by atoms with E-state index >= 15 is 0 Å². The summed E-state index contributed by atoms with van der Waals surface area (Å²) in [5.41, 5.74) is 1.96. The lowest BCUT2D eigenvalue weighted by atomic mass is 9.92. The Hall–Kier alpha value is -4.95. The van der Waals surface area contributed by atoms with Crippen LogP contribution in [0, 0.1) is 0 Å². The van der Waals surface area contributed by atoms with Gasteiger partial charge in [0.2, 0.25) is 5.43 Å². The third-order valence-electron chi connectivity index (χ3n) is 8.02. The number of rotatable bonds is 8. The molecule has 3 N–H and O–H groups in total. The van der Waals surface area contributed by atoms with E-state index in [-0.39, 0.29) is 43.5 Å². The Balaban J connectivity index is 1.48. The van der Waals surface area contributed by atoms with E-state index in [4.69, 9.17) is 27.6 Å². The van der Waals surface area contributed by atoms with Crippen LogP contribution in [0.4, 0.5) is 5.69 Å². The summed E-state index contributed by atoms with van der Waals surface area (Å²) < 4.78 is 78.6. The fraction of sp³-hybridized carbons (Fsp3) is 0.0541. The SMILES string of the molecule is CN(C)c1ccc(/C=C/c2ccc(/C=C/c3cc(S(=O)(=O)O)c(-c4c5cc(Cl)c(=O)cc-5oc5cc(O)c(Cl)cc45)c(S(=O)(=O)O)c3)cc2)cc1. The molecular weight excluding hydrogens is 737 g/mol. The standard InChI is InChI=1S/C37H27Cl2NO9S2/c1-40(2)25-13-11-23(12-14-25)8-7-21-3-5-22(6-4-21)9-10-24-15-34(50(43,44)45)37(35(16-24)51(46,47)48)36-26-17-28(38)30(41)19-32(26)49-33-20-31(42)29(39)18-27(33)36/h3-20,41H,1-2H3,(H,43,44,45)(H,46,47,48)/b8-7+,10-9+. The quantitative estimate of drug-likeness (QED) is 0.0779. The molecule has 0 bridgehead atoms. The Morgan fingerprint density at radius 3 is 1.63 bits per heavy atom. The molecule has 10 nitrogen and oxygen atoms in total. The van der Waals surface area contributed by atoms with Gasteiger partial charge in [-0.2, -0.15) is 16.8 Å². The molecule has 1 aliphatic heterocycles. The van der Waals surface area contributed by atoms with Crippen molar-refractivity contribution in [2.24, 2.45) is 0 Å². The normalized spacial score (nSPS) is 12.4. The van der Waals surface area contributed by atoms with E-state index in [9.17, 15) is 35.8 Å². The van der Waals surface area contributed by atoms with Crippen LogP contribution in [0.25, 0.3) is 57.7 Å². The van der Waals surface area contributed by atoms with E-state index in [1.807, 2.05) is 67.5 Å². The molecule has 0 fully saturated rings. The van der Waals surface area contributed by atoms with Crippen molar-refractivity contribution in [2.45, 2.75) is 9.79 Å². The smallest absolute Gasteiger partial charge is 0.295 e. The van der Waals surface area contributed by atoms with Crippen LogP contribution in [0.15, 0.2) is 104 Å². The molecule has 0 saturated heterocycles. The van der Waals surface area contributed by atoms with Gasteiger partial charge in [-0.25, -0.2) is 0 Å². The molecule has 4 aromatic rings. The molecule has 0 amide bonds. The number of benzene rings is 5. The van der Waals surface area contributed by atoms with Crippen LogP contribution in [0.3, 0.4) is 0 Å². The van der Waals surface area contributed by atoms with Gasteiger partial charge in [0.25, 0.3) is 20.2 Å². The number of nitrogens with zero attached hydrogens (tertiary/aromatic N) is 1. The van der Waals surface area contributed by atoms with E-state index in [1.54, 1.807) is 18.2 Å². The molecule has 51 heavy (non-hydrogen) atoms. The molecule has 4 aromatic carbocycles. The first-order valence-electron chi connectivity index (χ1n) is 15.0. The minimum absolute atomic E-state index is 0.00562. The maximum Gasteiger partial charge on any atom is 0.295 e. The lowest BCUT2D eigenvalue weighted by molar-refractivity contribution is 0.474. The topological polar surface area (TPSA) is 162 Å².